The van der Waals surface area contributed by atoms with E-state index in [1.807, 2.05) is 26.0 Å². The van der Waals surface area contributed by atoms with Gasteiger partial charge in [0.25, 0.3) is 6.01 Å². The third kappa shape index (κ3) is 2.43. The number of aryl methyl sites for hydroxylation is 1. The zero-order chi connectivity index (χ0) is 13.1. The molecule has 96 valence electrons. The molecule has 0 unspecified atom stereocenters. The smallest absolute Gasteiger partial charge is 0.292 e. The summed E-state index contributed by atoms with van der Waals surface area (Å²) in [6.07, 6.45) is 0.751. The Morgan fingerprint density at radius 3 is 2.78 bits per heavy atom. The molecule has 4 nitrogen and oxygen atoms in total. The maximum atomic E-state index is 6.14. The summed E-state index contributed by atoms with van der Waals surface area (Å²) in [6, 6.07) is 5.67. The van der Waals surface area contributed by atoms with Gasteiger partial charge in [-0.15, -0.1) is 0 Å². The Morgan fingerprint density at radius 2 is 2.17 bits per heavy atom. The number of nitrogens with zero attached hydrogens (tertiary/aromatic N) is 1. The van der Waals surface area contributed by atoms with E-state index in [-0.39, 0.29) is 6.01 Å². The van der Waals surface area contributed by atoms with Crippen LogP contribution in [0.1, 0.15) is 19.5 Å². The molecule has 2 N–H and O–H groups in total. The Bertz CT molecular complexity index is 552. The Kier molecular flexibility index (Phi) is 3.77. The molecule has 1 aromatic carbocycles. The van der Waals surface area contributed by atoms with Crippen LogP contribution in [-0.4, -0.2) is 11.6 Å². The van der Waals surface area contributed by atoms with Crippen LogP contribution in [0.15, 0.2) is 22.6 Å². The van der Waals surface area contributed by atoms with E-state index in [0.717, 1.165) is 17.7 Å². The molecule has 0 fully saturated rings. The third-order valence-corrected chi connectivity index (χ3v) is 2.84. The molecule has 0 atom stereocenters. The van der Waals surface area contributed by atoms with E-state index in [1.54, 1.807) is 6.07 Å². The monoisotopic (exact) mass is 266 g/mol. The normalized spacial score (nSPS) is 10.6. The molecule has 0 saturated carbocycles. The highest BCUT2D eigenvalue weighted by Crippen LogP contribution is 2.33. The summed E-state index contributed by atoms with van der Waals surface area (Å²) >= 11 is 6.14. The van der Waals surface area contributed by atoms with Gasteiger partial charge in [-0.2, -0.15) is 4.98 Å². The van der Waals surface area contributed by atoms with Crippen LogP contribution < -0.4 is 10.5 Å². The van der Waals surface area contributed by atoms with Crippen LogP contribution in [0.4, 0.5) is 6.01 Å². The topological polar surface area (TPSA) is 61.3 Å². The van der Waals surface area contributed by atoms with E-state index in [0.29, 0.717) is 23.1 Å². The van der Waals surface area contributed by atoms with Crippen molar-refractivity contribution >= 4 is 17.6 Å². The summed E-state index contributed by atoms with van der Waals surface area (Å²) in [7, 11) is 0. The van der Waals surface area contributed by atoms with E-state index < -0.39 is 0 Å². The van der Waals surface area contributed by atoms with Crippen molar-refractivity contribution in [2.45, 2.75) is 20.3 Å². The summed E-state index contributed by atoms with van der Waals surface area (Å²) in [6.45, 7) is 4.49. The number of halogens is 1. The number of oxazole rings is 1. The fourth-order valence-corrected chi connectivity index (χ4v) is 1.98. The zero-order valence-corrected chi connectivity index (χ0v) is 11.1. The van der Waals surface area contributed by atoms with Crippen molar-refractivity contribution in [1.29, 1.82) is 0 Å². The van der Waals surface area contributed by atoms with Crippen LogP contribution in [0.2, 0.25) is 5.02 Å². The van der Waals surface area contributed by atoms with Crippen molar-refractivity contribution in [3.63, 3.8) is 0 Å². The summed E-state index contributed by atoms with van der Waals surface area (Å²) in [5, 5.41) is 0.548. The van der Waals surface area contributed by atoms with Gasteiger partial charge in [0, 0.05) is 5.56 Å². The van der Waals surface area contributed by atoms with Gasteiger partial charge >= 0.3 is 0 Å². The lowest BCUT2D eigenvalue weighted by Gasteiger charge is -2.06. The number of rotatable bonds is 4. The van der Waals surface area contributed by atoms with Gasteiger partial charge in [0.15, 0.2) is 5.76 Å². The minimum atomic E-state index is 0.173. The Balaban J connectivity index is 2.41. The second-order valence-electron chi connectivity index (χ2n) is 3.76. The molecule has 1 heterocycles. The van der Waals surface area contributed by atoms with Crippen molar-refractivity contribution in [1.82, 2.24) is 4.98 Å². The quantitative estimate of drug-likeness (QED) is 0.919. The molecule has 0 amide bonds. The van der Waals surface area contributed by atoms with Crippen LogP contribution in [0.5, 0.6) is 5.75 Å². The molecular formula is C13H15ClN2O2. The van der Waals surface area contributed by atoms with E-state index in [1.165, 1.54) is 0 Å². The predicted molar refractivity (Wildman–Crippen MR) is 71.9 cm³/mol. The lowest BCUT2D eigenvalue weighted by molar-refractivity contribution is 0.340. The number of hydrogen-bond acceptors (Lipinski definition) is 4. The van der Waals surface area contributed by atoms with Crippen molar-refractivity contribution < 1.29 is 9.15 Å². The maximum Gasteiger partial charge on any atom is 0.292 e. The standard InChI is InChI=1S/C13H15ClN2O2/c1-3-10-12(18-13(15)16-10)8-5-6-11(17-4-2)9(14)7-8/h5-7H,3-4H2,1-2H3,(H2,15,16). The molecular weight excluding hydrogens is 252 g/mol. The lowest BCUT2D eigenvalue weighted by Crippen LogP contribution is -1.92. The molecule has 2 rings (SSSR count). The van der Waals surface area contributed by atoms with Crippen LogP contribution in [-0.2, 0) is 6.42 Å². The molecule has 0 aliphatic carbocycles. The van der Waals surface area contributed by atoms with Crippen molar-refractivity contribution in [2.24, 2.45) is 0 Å². The van der Waals surface area contributed by atoms with Crippen molar-refractivity contribution in [2.75, 3.05) is 12.3 Å². The Morgan fingerprint density at radius 1 is 1.39 bits per heavy atom. The molecule has 0 aliphatic rings. The zero-order valence-electron chi connectivity index (χ0n) is 10.4. The second-order valence-corrected chi connectivity index (χ2v) is 4.17. The van der Waals surface area contributed by atoms with Gasteiger partial charge in [-0.1, -0.05) is 18.5 Å². The van der Waals surface area contributed by atoms with Gasteiger partial charge in [-0.05, 0) is 31.5 Å². The number of ether oxygens (including phenoxy) is 1. The Hall–Kier alpha value is -1.68. The number of benzene rings is 1. The van der Waals surface area contributed by atoms with Gasteiger partial charge < -0.3 is 14.9 Å². The first-order valence-corrected chi connectivity index (χ1v) is 6.21. The fourth-order valence-electron chi connectivity index (χ4n) is 1.75. The molecule has 0 spiro atoms. The second kappa shape index (κ2) is 5.31. The summed E-state index contributed by atoms with van der Waals surface area (Å²) < 4.78 is 10.8. The highest BCUT2D eigenvalue weighted by molar-refractivity contribution is 6.32. The van der Waals surface area contributed by atoms with Crippen LogP contribution in [0.3, 0.4) is 0 Å². The largest absolute Gasteiger partial charge is 0.492 e. The molecule has 5 heteroatoms. The van der Waals surface area contributed by atoms with Gasteiger partial charge in [0.1, 0.15) is 5.75 Å². The van der Waals surface area contributed by atoms with Crippen LogP contribution in [0, 0.1) is 0 Å². The molecule has 0 bridgehead atoms. The van der Waals surface area contributed by atoms with E-state index >= 15 is 0 Å². The van der Waals surface area contributed by atoms with Gasteiger partial charge in [-0.25, -0.2) is 0 Å². The Labute approximate surface area is 111 Å². The highest BCUT2D eigenvalue weighted by atomic mass is 35.5. The average Bonchev–Trinajstić information content (AvgIpc) is 2.73. The minimum Gasteiger partial charge on any atom is -0.492 e. The van der Waals surface area contributed by atoms with E-state index in [2.05, 4.69) is 4.98 Å². The fraction of sp³-hybridized carbons (Fsp3) is 0.308. The first kappa shape index (κ1) is 12.8. The number of nitrogen functional groups attached to an aromatic ring is 1. The van der Waals surface area contributed by atoms with Crippen molar-refractivity contribution in [3.05, 3.63) is 28.9 Å². The van der Waals surface area contributed by atoms with Gasteiger partial charge in [-0.3, -0.25) is 0 Å². The summed E-state index contributed by atoms with van der Waals surface area (Å²) in [5.41, 5.74) is 7.25. The maximum absolute atomic E-state index is 6.14. The van der Waals surface area contributed by atoms with E-state index in [4.69, 9.17) is 26.5 Å². The third-order valence-electron chi connectivity index (χ3n) is 2.54. The number of nitrogens with two attached hydrogens (primary N) is 1. The molecule has 2 aromatic rings. The highest BCUT2D eigenvalue weighted by Gasteiger charge is 2.13. The number of aromatic nitrogens is 1. The minimum absolute atomic E-state index is 0.173. The predicted octanol–water partition coefficient (Wildman–Crippen LogP) is 3.54. The molecule has 0 radical (unpaired) electrons. The summed E-state index contributed by atoms with van der Waals surface area (Å²) in [4.78, 5) is 4.13. The number of anilines is 1. The van der Waals surface area contributed by atoms with Crippen molar-refractivity contribution in [3.8, 4) is 17.1 Å². The lowest BCUT2D eigenvalue weighted by atomic mass is 10.1. The first-order valence-electron chi connectivity index (χ1n) is 5.83. The average molecular weight is 267 g/mol. The SMILES string of the molecule is CCOc1ccc(-c2oc(N)nc2CC)cc1Cl. The molecule has 0 aliphatic heterocycles. The summed E-state index contributed by atoms with van der Waals surface area (Å²) in [5.74, 6) is 1.33. The molecule has 1 aromatic heterocycles. The number of hydrogen-bond donors (Lipinski definition) is 1. The van der Waals surface area contributed by atoms with Crippen LogP contribution >= 0.6 is 11.6 Å². The molecule has 18 heavy (non-hydrogen) atoms. The van der Waals surface area contributed by atoms with Gasteiger partial charge in [0.2, 0.25) is 0 Å². The molecule has 0 saturated heterocycles. The van der Waals surface area contributed by atoms with E-state index in [9.17, 15) is 0 Å². The first-order chi connectivity index (χ1) is 8.65. The van der Waals surface area contributed by atoms with Crippen LogP contribution in [0.25, 0.3) is 11.3 Å². The van der Waals surface area contributed by atoms with Gasteiger partial charge in [0.05, 0.1) is 17.3 Å².